The minimum absolute atomic E-state index is 0.190. The Morgan fingerprint density at radius 1 is 1.56 bits per heavy atom. The number of carbonyl (C=O) groups excluding carboxylic acids is 1. The molecule has 16 heavy (non-hydrogen) atoms. The Morgan fingerprint density at radius 2 is 2.31 bits per heavy atom. The van der Waals surface area contributed by atoms with E-state index < -0.39 is 5.60 Å². The largest absolute Gasteiger partial charge is 0.390 e. The third-order valence-electron chi connectivity index (χ3n) is 3.73. The van der Waals surface area contributed by atoms with Gasteiger partial charge in [0, 0.05) is 19.1 Å². The second kappa shape index (κ2) is 4.34. The molecule has 2 aliphatic heterocycles. The number of rotatable bonds is 3. The third kappa shape index (κ3) is 2.55. The maximum atomic E-state index is 11.6. The molecule has 0 radical (unpaired) electrons. The Labute approximate surface area is 97.0 Å². The highest BCUT2D eigenvalue weighted by Crippen LogP contribution is 2.27. The van der Waals surface area contributed by atoms with Gasteiger partial charge in [0.05, 0.1) is 11.5 Å². The Hall–Kier alpha value is -0.610. The van der Waals surface area contributed by atoms with E-state index in [1.165, 1.54) is 0 Å². The Balaban J connectivity index is 1.92. The highest BCUT2D eigenvalue weighted by Gasteiger charge is 2.40. The summed E-state index contributed by atoms with van der Waals surface area (Å²) in [5.74, 6) is 0.411. The maximum Gasteiger partial charge on any atom is 0.224 e. The summed E-state index contributed by atoms with van der Waals surface area (Å²) >= 11 is 0. The molecule has 4 heteroatoms. The SMILES string of the molecule is CC(C)(O)CCN1CCCC2C(=O)NCC21. The van der Waals surface area contributed by atoms with Crippen molar-refractivity contribution in [2.45, 2.75) is 44.8 Å². The Kier molecular flexibility index (Phi) is 3.22. The lowest BCUT2D eigenvalue weighted by Crippen LogP contribution is -2.47. The molecule has 92 valence electrons. The van der Waals surface area contributed by atoms with Gasteiger partial charge in [0.1, 0.15) is 0 Å². The van der Waals surface area contributed by atoms with Crippen molar-refractivity contribution in [1.82, 2.24) is 10.2 Å². The molecule has 1 amide bonds. The van der Waals surface area contributed by atoms with Crippen LogP contribution in [0.25, 0.3) is 0 Å². The first-order chi connectivity index (χ1) is 7.47. The van der Waals surface area contributed by atoms with Gasteiger partial charge < -0.3 is 10.4 Å². The number of aliphatic hydroxyl groups is 1. The molecule has 2 heterocycles. The summed E-state index contributed by atoms with van der Waals surface area (Å²) in [4.78, 5) is 13.9. The number of fused-ring (bicyclic) bond motifs is 1. The van der Waals surface area contributed by atoms with Crippen LogP contribution in [-0.4, -0.2) is 47.2 Å². The lowest BCUT2D eigenvalue weighted by molar-refractivity contribution is -0.124. The second-order valence-electron chi connectivity index (χ2n) is 5.66. The van der Waals surface area contributed by atoms with Crippen LogP contribution in [0.15, 0.2) is 0 Å². The van der Waals surface area contributed by atoms with Crippen molar-refractivity contribution in [2.75, 3.05) is 19.6 Å². The average Bonchev–Trinajstić information content (AvgIpc) is 2.57. The highest BCUT2D eigenvalue weighted by atomic mass is 16.3. The number of amides is 1. The van der Waals surface area contributed by atoms with Gasteiger partial charge in [0.25, 0.3) is 0 Å². The standard InChI is InChI=1S/C12H22N2O2/c1-12(2,16)5-7-14-6-3-4-9-10(14)8-13-11(9)15/h9-10,16H,3-8H2,1-2H3,(H,13,15). The van der Waals surface area contributed by atoms with Crippen LogP contribution in [0.1, 0.15) is 33.1 Å². The van der Waals surface area contributed by atoms with E-state index in [0.29, 0.717) is 6.04 Å². The summed E-state index contributed by atoms with van der Waals surface area (Å²) in [6, 6.07) is 0.364. The van der Waals surface area contributed by atoms with Gasteiger partial charge in [-0.25, -0.2) is 0 Å². The van der Waals surface area contributed by atoms with Gasteiger partial charge in [-0.05, 0) is 39.7 Å². The van der Waals surface area contributed by atoms with Gasteiger partial charge in [-0.3, -0.25) is 9.69 Å². The van der Waals surface area contributed by atoms with E-state index in [4.69, 9.17) is 0 Å². The summed E-state index contributed by atoms with van der Waals surface area (Å²) in [5, 5.41) is 12.7. The van der Waals surface area contributed by atoms with Gasteiger partial charge in [0.15, 0.2) is 0 Å². The number of hydrogen-bond donors (Lipinski definition) is 2. The van der Waals surface area contributed by atoms with Crippen molar-refractivity contribution in [3.63, 3.8) is 0 Å². The number of hydrogen-bond acceptors (Lipinski definition) is 3. The van der Waals surface area contributed by atoms with Crippen molar-refractivity contribution >= 4 is 5.91 Å². The number of likely N-dealkylation sites (tertiary alicyclic amines) is 1. The van der Waals surface area contributed by atoms with Crippen LogP contribution in [0.4, 0.5) is 0 Å². The van der Waals surface area contributed by atoms with Gasteiger partial charge in [0.2, 0.25) is 5.91 Å². The molecule has 0 aliphatic carbocycles. The third-order valence-corrected chi connectivity index (χ3v) is 3.73. The van der Waals surface area contributed by atoms with Crippen molar-refractivity contribution in [1.29, 1.82) is 0 Å². The minimum atomic E-state index is -0.608. The first-order valence-corrected chi connectivity index (χ1v) is 6.21. The summed E-state index contributed by atoms with van der Waals surface area (Å²) in [7, 11) is 0. The Morgan fingerprint density at radius 3 is 3.00 bits per heavy atom. The minimum Gasteiger partial charge on any atom is -0.390 e. The van der Waals surface area contributed by atoms with Crippen LogP contribution in [0, 0.1) is 5.92 Å². The maximum absolute atomic E-state index is 11.6. The van der Waals surface area contributed by atoms with Gasteiger partial charge in [-0.1, -0.05) is 0 Å². The Bertz CT molecular complexity index is 273. The monoisotopic (exact) mass is 226 g/mol. The van der Waals surface area contributed by atoms with Crippen LogP contribution in [0.2, 0.25) is 0 Å². The van der Waals surface area contributed by atoms with Crippen LogP contribution in [0.3, 0.4) is 0 Å². The van der Waals surface area contributed by atoms with E-state index in [1.807, 2.05) is 13.8 Å². The van der Waals surface area contributed by atoms with Crippen molar-refractivity contribution < 1.29 is 9.90 Å². The van der Waals surface area contributed by atoms with E-state index in [9.17, 15) is 9.90 Å². The molecule has 0 aromatic carbocycles. The smallest absolute Gasteiger partial charge is 0.224 e. The van der Waals surface area contributed by atoms with Crippen LogP contribution in [0.5, 0.6) is 0 Å². The molecule has 0 bridgehead atoms. The molecule has 0 spiro atoms. The van der Waals surface area contributed by atoms with Crippen LogP contribution < -0.4 is 5.32 Å². The molecule has 0 saturated carbocycles. The summed E-state index contributed by atoms with van der Waals surface area (Å²) in [5.41, 5.74) is -0.608. The number of nitrogens with one attached hydrogen (secondary N) is 1. The molecule has 0 aromatic rings. The zero-order valence-corrected chi connectivity index (χ0v) is 10.2. The summed E-state index contributed by atoms with van der Waals surface area (Å²) in [6.45, 7) is 6.42. The quantitative estimate of drug-likeness (QED) is 0.730. The fourth-order valence-corrected chi connectivity index (χ4v) is 2.74. The van der Waals surface area contributed by atoms with Gasteiger partial charge in [-0.15, -0.1) is 0 Å². The van der Waals surface area contributed by atoms with Crippen molar-refractivity contribution in [3.8, 4) is 0 Å². The molecule has 0 aromatic heterocycles. The zero-order chi connectivity index (χ0) is 11.8. The highest BCUT2D eigenvalue weighted by molar-refractivity contribution is 5.82. The fourth-order valence-electron chi connectivity index (χ4n) is 2.74. The molecule has 2 rings (SSSR count). The van der Waals surface area contributed by atoms with Crippen LogP contribution in [-0.2, 0) is 4.79 Å². The zero-order valence-electron chi connectivity index (χ0n) is 10.2. The number of carbonyl (C=O) groups is 1. The molecule has 2 aliphatic rings. The van der Waals surface area contributed by atoms with Gasteiger partial charge in [-0.2, -0.15) is 0 Å². The van der Waals surface area contributed by atoms with Crippen LogP contribution >= 0.6 is 0 Å². The number of nitrogens with zero attached hydrogens (tertiary/aromatic N) is 1. The molecular weight excluding hydrogens is 204 g/mol. The lowest BCUT2D eigenvalue weighted by Gasteiger charge is -2.37. The van der Waals surface area contributed by atoms with E-state index in [1.54, 1.807) is 0 Å². The topological polar surface area (TPSA) is 52.6 Å². The van der Waals surface area contributed by atoms with E-state index in [2.05, 4.69) is 10.2 Å². The van der Waals surface area contributed by atoms with Gasteiger partial charge >= 0.3 is 0 Å². The predicted molar refractivity (Wildman–Crippen MR) is 62.0 cm³/mol. The van der Waals surface area contributed by atoms with E-state index in [-0.39, 0.29) is 11.8 Å². The fraction of sp³-hybridized carbons (Fsp3) is 0.917. The average molecular weight is 226 g/mol. The molecule has 2 unspecified atom stereocenters. The lowest BCUT2D eigenvalue weighted by atomic mass is 9.91. The number of piperidine rings is 1. The van der Waals surface area contributed by atoms with Crippen molar-refractivity contribution in [3.05, 3.63) is 0 Å². The van der Waals surface area contributed by atoms with E-state index in [0.717, 1.165) is 38.9 Å². The molecule has 2 atom stereocenters. The molecular formula is C12H22N2O2. The predicted octanol–water partition coefficient (Wildman–Crippen LogP) is 0.358. The second-order valence-corrected chi connectivity index (χ2v) is 5.66. The normalized spacial score (nSPS) is 31.3. The summed E-state index contributed by atoms with van der Waals surface area (Å²) in [6.07, 6.45) is 2.89. The molecule has 2 N–H and O–H groups in total. The van der Waals surface area contributed by atoms with E-state index >= 15 is 0 Å². The first-order valence-electron chi connectivity index (χ1n) is 6.21. The molecule has 4 nitrogen and oxygen atoms in total. The first kappa shape index (κ1) is 11.9. The molecule has 2 fully saturated rings. The molecule has 2 saturated heterocycles. The summed E-state index contributed by atoms with van der Waals surface area (Å²) < 4.78 is 0. The van der Waals surface area contributed by atoms with Crippen molar-refractivity contribution in [2.24, 2.45) is 5.92 Å².